The number of rotatable bonds is 2. The predicted octanol–water partition coefficient (Wildman–Crippen LogP) is 1.18. The first-order chi connectivity index (χ1) is 7.75. The average Bonchev–Trinajstić information content (AvgIpc) is 2.30. The van der Waals surface area contributed by atoms with Crippen molar-refractivity contribution in [3.8, 4) is 0 Å². The molecule has 0 radical (unpaired) electrons. The van der Waals surface area contributed by atoms with E-state index >= 15 is 0 Å². The van der Waals surface area contributed by atoms with Gasteiger partial charge in [-0.15, -0.1) is 0 Å². The molecule has 1 unspecified atom stereocenters. The van der Waals surface area contributed by atoms with Crippen molar-refractivity contribution < 1.29 is 18.7 Å². The van der Waals surface area contributed by atoms with Crippen LogP contribution in [0.1, 0.15) is 0 Å². The molecule has 1 amide bonds. The zero-order valence-electron chi connectivity index (χ0n) is 8.61. The van der Waals surface area contributed by atoms with Crippen LogP contribution in [0.5, 0.6) is 0 Å². The van der Waals surface area contributed by atoms with E-state index in [2.05, 4.69) is 5.32 Å². The standard InChI is InChI=1S/C11H12FNO3/c12-8-2-1-3-9(6-8)13-11(14)10-7-15-4-5-16-10/h1-3,6,10H,4-5,7H2,(H,13,14). The molecule has 1 aliphatic heterocycles. The number of carbonyl (C=O) groups excluding carboxylic acids is 1. The first-order valence-electron chi connectivity index (χ1n) is 5.01. The molecule has 5 heteroatoms. The second-order valence-electron chi connectivity index (χ2n) is 3.43. The molecule has 86 valence electrons. The van der Waals surface area contributed by atoms with E-state index in [4.69, 9.17) is 9.47 Å². The van der Waals surface area contributed by atoms with Crippen LogP contribution < -0.4 is 5.32 Å². The van der Waals surface area contributed by atoms with Gasteiger partial charge in [-0.3, -0.25) is 4.79 Å². The molecule has 1 aromatic rings. The number of anilines is 1. The zero-order chi connectivity index (χ0) is 11.4. The molecule has 1 atom stereocenters. The summed E-state index contributed by atoms with van der Waals surface area (Å²) in [6.07, 6.45) is -0.614. The average molecular weight is 225 g/mol. The van der Waals surface area contributed by atoms with Crippen molar-refractivity contribution in [1.82, 2.24) is 0 Å². The summed E-state index contributed by atoms with van der Waals surface area (Å²) in [5.41, 5.74) is 0.416. The van der Waals surface area contributed by atoms with E-state index < -0.39 is 11.9 Å². The molecule has 1 saturated heterocycles. The molecule has 1 heterocycles. The van der Waals surface area contributed by atoms with Crippen molar-refractivity contribution in [3.05, 3.63) is 30.1 Å². The second-order valence-corrected chi connectivity index (χ2v) is 3.43. The quantitative estimate of drug-likeness (QED) is 0.822. The maximum atomic E-state index is 12.9. The number of nitrogens with one attached hydrogen (secondary N) is 1. The molecular weight excluding hydrogens is 213 g/mol. The summed E-state index contributed by atoms with van der Waals surface area (Å²) in [7, 11) is 0. The smallest absolute Gasteiger partial charge is 0.255 e. The molecule has 0 aromatic heterocycles. The molecule has 1 fully saturated rings. The van der Waals surface area contributed by atoms with E-state index in [9.17, 15) is 9.18 Å². The van der Waals surface area contributed by atoms with Crippen molar-refractivity contribution in [2.45, 2.75) is 6.10 Å². The molecule has 0 spiro atoms. The minimum Gasteiger partial charge on any atom is -0.376 e. The molecule has 2 rings (SSSR count). The van der Waals surface area contributed by atoms with Crippen LogP contribution in [0.3, 0.4) is 0 Å². The molecule has 1 N–H and O–H groups in total. The number of hydrogen-bond acceptors (Lipinski definition) is 3. The van der Waals surface area contributed by atoms with Gasteiger partial charge in [0.2, 0.25) is 0 Å². The maximum absolute atomic E-state index is 12.9. The Morgan fingerprint density at radius 2 is 2.31 bits per heavy atom. The summed E-state index contributed by atoms with van der Waals surface area (Å²) >= 11 is 0. The third kappa shape index (κ3) is 2.77. The summed E-state index contributed by atoms with van der Waals surface area (Å²) in [5, 5.41) is 2.57. The highest BCUT2D eigenvalue weighted by Crippen LogP contribution is 2.11. The first-order valence-corrected chi connectivity index (χ1v) is 5.01. The normalized spacial score (nSPS) is 20.4. The van der Waals surface area contributed by atoms with Gasteiger partial charge in [0, 0.05) is 5.69 Å². The summed E-state index contributed by atoms with van der Waals surface area (Å²) in [6.45, 7) is 1.14. The van der Waals surface area contributed by atoms with Crippen LogP contribution >= 0.6 is 0 Å². The number of amides is 1. The fourth-order valence-electron chi connectivity index (χ4n) is 1.43. The van der Waals surface area contributed by atoms with Crippen molar-refractivity contribution >= 4 is 11.6 Å². The lowest BCUT2D eigenvalue weighted by atomic mass is 10.2. The van der Waals surface area contributed by atoms with Crippen LogP contribution in [-0.2, 0) is 14.3 Å². The number of ether oxygens (including phenoxy) is 2. The van der Waals surface area contributed by atoms with Gasteiger partial charge < -0.3 is 14.8 Å². The summed E-state index contributed by atoms with van der Waals surface area (Å²) in [4.78, 5) is 11.6. The van der Waals surface area contributed by atoms with Gasteiger partial charge in [-0.05, 0) is 18.2 Å². The van der Waals surface area contributed by atoms with Crippen LogP contribution in [0.4, 0.5) is 10.1 Å². The van der Waals surface area contributed by atoms with Gasteiger partial charge in [0.05, 0.1) is 19.8 Å². The van der Waals surface area contributed by atoms with Crippen LogP contribution in [0.25, 0.3) is 0 Å². The number of carbonyl (C=O) groups is 1. The van der Waals surface area contributed by atoms with Gasteiger partial charge in [0.25, 0.3) is 5.91 Å². The lowest BCUT2D eigenvalue weighted by molar-refractivity contribution is -0.142. The lowest BCUT2D eigenvalue weighted by Crippen LogP contribution is -2.39. The van der Waals surface area contributed by atoms with Crippen LogP contribution in [-0.4, -0.2) is 31.8 Å². The predicted molar refractivity (Wildman–Crippen MR) is 55.6 cm³/mol. The highest BCUT2D eigenvalue weighted by atomic mass is 19.1. The zero-order valence-corrected chi connectivity index (χ0v) is 8.61. The largest absolute Gasteiger partial charge is 0.376 e. The van der Waals surface area contributed by atoms with Crippen molar-refractivity contribution in [3.63, 3.8) is 0 Å². The van der Waals surface area contributed by atoms with Crippen LogP contribution in [0.2, 0.25) is 0 Å². The van der Waals surface area contributed by atoms with Gasteiger partial charge in [-0.2, -0.15) is 0 Å². The van der Waals surface area contributed by atoms with E-state index in [1.807, 2.05) is 0 Å². The van der Waals surface area contributed by atoms with E-state index in [1.165, 1.54) is 18.2 Å². The Morgan fingerprint density at radius 1 is 1.44 bits per heavy atom. The Hall–Kier alpha value is -1.46. The summed E-state index contributed by atoms with van der Waals surface area (Å²) in [6, 6.07) is 5.71. The van der Waals surface area contributed by atoms with E-state index in [0.29, 0.717) is 18.9 Å². The molecular formula is C11H12FNO3. The first kappa shape index (κ1) is 11.0. The topological polar surface area (TPSA) is 47.6 Å². The van der Waals surface area contributed by atoms with Crippen molar-refractivity contribution in [1.29, 1.82) is 0 Å². The number of hydrogen-bond donors (Lipinski definition) is 1. The minimum atomic E-state index is -0.614. The Labute approximate surface area is 92.4 Å². The molecule has 0 bridgehead atoms. The highest BCUT2D eigenvalue weighted by molar-refractivity contribution is 5.94. The fourth-order valence-corrected chi connectivity index (χ4v) is 1.43. The minimum absolute atomic E-state index is 0.237. The number of halogens is 1. The van der Waals surface area contributed by atoms with Gasteiger partial charge in [0.15, 0.2) is 6.10 Å². The second kappa shape index (κ2) is 5.05. The lowest BCUT2D eigenvalue weighted by Gasteiger charge is -2.21. The van der Waals surface area contributed by atoms with Gasteiger partial charge in [-0.25, -0.2) is 4.39 Å². The summed E-state index contributed by atoms with van der Waals surface area (Å²) < 4.78 is 23.2. The molecule has 1 aliphatic rings. The van der Waals surface area contributed by atoms with E-state index in [0.717, 1.165) is 0 Å². The Balaban J connectivity index is 1.96. The SMILES string of the molecule is O=C(Nc1cccc(F)c1)C1COCCO1. The summed E-state index contributed by atoms with van der Waals surface area (Å²) in [5.74, 6) is -0.705. The number of benzene rings is 1. The van der Waals surface area contributed by atoms with Crippen molar-refractivity contribution in [2.24, 2.45) is 0 Å². The third-order valence-corrected chi connectivity index (χ3v) is 2.20. The van der Waals surface area contributed by atoms with Gasteiger partial charge in [-0.1, -0.05) is 6.07 Å². The van der Waals surface area contributed by atoms with Gasteiger partial charge >= 0.3 is 0 Å². The monoisotopic (exact) mass is 225 g/mol. The maximum Gasteiger partial charge on any atom is 0.255 e. The highest BCUT2D eigenvalue weighted by Gasteiger charge is 2.22. The van der Waals surface area contributed by atoms with Crippen molar-refractivity contribution in [2.75, 3.05) is 25.1 Å². The Bertz CT molecular complexity index is 377. The van der Waals surface area contributed by atoms with Gasteiger partial charge in [0.1, 0.15) is 5.82 Å². The third-order valence-electron chi connectivity index (χ3n) is 2.20. The molecule has 16 heavy (non-hydrogen) atoms. The Morgan fingerprint density at radius 3 is 3.00 bits per heavy atom. The van der Waals surface area contributed by atoms with Crippen LogP contribution in [0, 0.1) is 5.82 Å². The molecule has 4 nitrogen and oxygen atoms in total. The Kier molecular flexibility index (Phi) is 3.48. The van der Waals surface area contributed by atoms with Crippen LogP contribution in [0.15, 0.2) is 24.3 Å². The van der Waals surface area contributed by atoms with E-state index in [-0.39, 0.29) is 12.5 Å². The molecule has 0 saturated carbocycles. The fraction of sp³-hybridized carbons (Fsp3) is 0.364. The van der Waals surface area contributed by atoms with E-state index in [1.54, 1.807) is 6.07 Å². The molecule has 1 aromatic carbocycles. The molecule has 0 aliphatic carbocycles.